The summed E-state index contributed by atoms with van der Waals surface area (Å²) in [5.74, 6) is -0.324. The van der Waals surface area contributed by atoms with Gasteiger partial charge in [-0.3, -0.25) is 9.69 Å². The van der Waals surface area contributed by atoms with Gasteiger partial charge in [-0.05, 0) is 38.0 Å². The second-order valence-electron chi connectivity index (χ2n) is 10.8. The highest BCUT2D eigenvalue weighted by atomic mass is 19.1. The summed E-state index contributed by atoms with van der Waals surface area (Å²) in [4.78, 5) is 29.4. The molecule has 0 saturated carbocycles. The normalized spacial score (nSPS) is 18.9. The average Bonchev–Trinajstić information content (AvgIpc) is 2.98. The average molecular weight is 471 g/mol. The summed E-state index contributed by atoms with van der Waals surface area (Å²) in [6.07, 6.45) is -1.06. The van der Waals surface area contributed by atoms with Crippen molar-refractivity contribution in [1.82, 2.24) is 9.80 Å². The molecule has 2 aromatic carbocycles. The summed E-state index contributed by atoms with van der Waals surface area (Å²) >= 11 is 0. The molecule has 0 radical (unpaired) electrons. The molecule has 34 heavy (non-hydrogen) atoms. The second kappa shape index (κ2) is 9.65. The van der Waals surface area contributed by atoms with Crippen molar-refractivity contribution in [3.8, 4) is 5.75 Å². The van der Waals surface area contributed by atoms with Gasteiger partial charge in [0, 0.05) is 24.9 Å². The van der Waals surface area contributed by atoms with E-state index >= 15 is 4.39 Å². The summed E-state index contributed by atoms with van der Waals surface area (Å²) in [6, 6.07) is 13.4. The number of halogens is 1. The Kier molecular flexibility index (Phi) is 7.24. The molecule has 1 saturated heterocycles. The molecule has 0 aromatic heterocycles. The molecule has 2 atom stereocenters. The second-order valence-corrected chi connectivity index (χ2v) is 10.8. The molecule has 7 heteroatoms. The number of hydrogen-bond acceptors (Lipinski definition) is 4. The van der Waals surface area contributed by atoms with E-state index in [4.69, 9.17) is 9.47 Å². The predicted molar refractivity (Wildman–Crippen MR) is 129 cm³/mol. The van der Waals surface area contributed by atoms with E-state index < -0.39 is 35.1 Å². The van der Waals surface area contributed by atoms with Crippen LogP contribution in [0.25, 0.3) is 0 Å². The molecular weight excluding hydrogens is 435 g/mol. The quantitative estimate of drug-likeness (QED) is 0.587. The number of nitrogens with zero attached hydrogens (tertiary/aromatic N) is 2. The van der Waals surface area contributed by atoms with E-state index in [0.717, 1.165) is 5.56 Å². The van der Waals surface area contributed by atoms with E-state index in [1.54, 1.807) is 44.9 Å². The first-order chi connectivity index (χ1) is 15.8. The lowest BCUT2D eigenvalue weighted by Gasteiger charge is -2.39. The summed E-state index contributed by atoms with van der Waals surface area (Å²) in [6.45, 7) is 11.5. The van der Waals surface area contributed by atoms with Gasteiger partial charge in [0.1, 0.15) is 36.0 Å². The molecule has 2 aromatic rings. The highest BCUT2D eigenvalue weighted by molar-refractivity contribution is 5.89. The molecule has 3 rings (SSSR count). The zero-order valence-electron chi connectivity index (χ0n) is 21.1. The van der Waals surface area contributed by atoms with Crippen LogP contribution in [0.1, 0.15) is 52.7 Å². The van der Waals surface area contributed by atoms with Crippen LogP contribution in [-0.2, 0) is 22.6 Å². The summed E-state index contributed by atoms with van der Waals surface area (Å²) in [7, 11) is 1.67. The standard InChI is InChI=1S/C27H35FN2O4/c1-26(2,3)24-29(7)23(31)22(30(24)25(32)34-27(4,5)6)15-19-13-14-20(16-21(19)28)33-17-18-11-9-8-10-12-18/h8-14,16,22,24H,15,17H2,1-7H3/t22?,24-/m0/s1. The number of likely N-dealkylation sites (N-methyl/N-ethyl adjacent to an activating group) is 1. The minimum Gasteiger partial charge on any atom is -0.489 e. The molecule has 0 aliphatic carbocycles. The SMILES string of the molecule is CN1C(=O)C(Cc2ccc(OCc3ccccc3)cc2F)N(C(=O)OC(C)(C)C)[C@H]1C(C)(C)C. The maximum Gasteiger partial charge on any atom is 0.412 e. The van der Waals surface area contributed by atoms with Crippen LogP contribution in [0.5, 0.6) is 5.75 Å². The van der Waals surface area contributed by atoms with E-state index in [1.807, 2.05) is 51.1 Å². The molecule has 0 N–H and O–H groups in total. The Morgan fingerprint density at radius 2 is 1.68 bits per heavy atom. The van der Waals surface area contributed by atoms with Crippen LogP contribution >= 0.6 is 0 Å². The number of benzene rings is 2. The topological polar surface area (TPSA) is 59.1 Å². The Morgan fingerprint density at radius 1 is 1.03 bits per heavy atom. The van der Waals surface area contributed by atoms with Crippen LogP contribution in [0.15, 0.2) is 48.5 Å². The van der Waals surface area contributed by atoms with Gasteiger partial charge in [-0.2, -0.15) is 0 Å². The van der Waals surface area contributed by atoms with Gasteiger partial charge in [0.15, 0.2) is 0 Å². The largest absolute Gasteiger partial charge is 0.489 e. The van der Waals surface area contributed by atoms with Gasteiger partial charge >= 0.3 is 6.09 Å². The summed E-state index contributed by atoms with van der Waals surface area (Å²) < 4.78 is 26.4. The van der Waals surface area contributed by atoms with Crippen molar-refractivity contribution in [3.63, 3.8) is 0 Å². The van der Waals surface area contributed by atoms with Crippen molar-refractivity contribution in [2.75, 3.05) is 7.05 Å². The summed E-state index contributed by atoms with van der Waals surface area (Å²) in [5.41, 5.74) is 0.163. The zero-order chi connectivity index (χ0) is 25.3. The Morgan fingerprint density at radius 3 is 2.24 bits per heavy atom. The molecule has 1 fully saturated rings. The highest BCUT2D eigenvalue weighted by Gasteiger charge is 2.52. The number of hydrogen-bond donors (Lipinski definition) is 0. The van der Waals surface area contributed by atoms with Crippen LogP contribution in [0.4, 0.5) is 9.18 Å². The third-order valence-electron chi connectivity index (χ3n) is 5.66. The van der Waals surface area contributed by atoms with Gasteiger partial charge in [-0.1, -0.05) is 57.2 Å². The van der Waals surface area contributed by atoms with E-state index in [1.165, 1.54) is 11.0 Å². The first kappa shape index (κ1) is 25.5. The van der Waals surface area contributed by atoms with Crippen molar-refractivity contribution in [3.05, 3.63) is 65.5 Å². The Balaban J connectivity index is 1.83. The maximum atomic E-state index is 15.0. The predicted octanol–water partition coefficient (Wildman–Crippen LogP) is 5.40. The highest BCUT2D eigenvalue weighted by Crippen LogP contribution is 2.36. The third kappa shape index (κ3) is 5.88. The van der Waals surface area contributed by atoms with Crippen molar-refractivity contribution in [2.45, 2.75) is 72.4 Å². The molecule has 0 bridgehead atoms. The molecule has 1 heterocycles. The third-order valence-corrected chi connectivity index (χ3v) is 5.66. The van der Waals surface area contributed by atoms with Crippen LogP contribution in [0, 0.1) is 11.2 Å². The number of rotatable bonds is 5. The minimum atomic E-state index is -0.866. The number of ether oxygens (including phenoxy) is 2. The zero-order valence-corrected chi connectivity index (χ0v) is 21.1. The minimum absolute atomic E-state index is 0.0415. The van der Waals surface area contributed by atoms with Crippen molar-refractivity contribution >= 4 is 12.0 Å². The lowest BCUT2D eigenvalue weighted by molar-refractivity contribution is -0.129. The van der Waals surface area contributed by atoms with E-state index in [2.05, 4.69) is 0 Å². The Bertz CT molecular complexity index is 1030. The molecule has 184 valence electrons. The van der Waals surface area contributed by atoms with E-state index in [0.29, 0.717) is 17.9 Å². The van der Waals surface area contributed by atoms with E-state index in [-0.39, 0.29) is 12.3 Å². The smallest absolute Gasteiger partial charge is 0.412 e. The number of carbonyl (C=O) groups excluding carboxylic acids is 2. The molecule has 0 spiro atoms. The van der Waals surface area contributed by atoms with Gasteiger partial charge < -0.3 is 14.4 Å². The molecule has 6 nitrogen and oxygen atoms in total. The fourth-order valence-corrected chi connectivity index (χ4v) is 4.29. The van der Waals surface area contributed by atoms with Crippen LogP contribution in [0.3, 0.4) is 0 Å². The monoisotopic (exact) mass is 470 g/mol. The maximum absolute atomic E-state index is 15.0. The van der Waals surface area contributed by atoms with Crippen LogP contribution in [0.2, 0.25) is 0 Å². The van der Waals surface area contributed by atoms with Gasteiger partial charge in [0.05, 0.1) is 0 Å². The lowest BCUT2D eigenvalue weighted by Crippen LogP contribution is -2.52. The Hall–Kier alpha value is -3.09. The first-order valence-corrected chi connectivity index (χ1v) is 11.5. The molecular formula is C27H35FN2O4. The molecule has 2 amide bonds. The van der Waals surface area contributed by atoms with Gasteiger partial charge in [-0.15, -0.1) is 0 Å². The van der Waals surface area contributed by atoms with Gasteiger partial charge in [-0.25, -0.2) is 9.18 Å². The molecule has 1 aliphatic heterocycles. The lowest BCUT2D eigenvalue weighted by atomic mass is 9.91. The van der Waals surface area contributed by atoms with Crippen molar-refractivity contribution in [1.29, 1.82) is 0 Å². The van der Waals surface area contributed by atoms with Gasteiger partial charge in [0.25, 0.3) is 0 Å². The molecule has 1 aliphatic rings. The van der Waals surface area contributed by atoms with Crippen LogP contribution < -0.4 is 4.74 Å². The number of carbonyl (C=O) groups is 2. The van der Waals surface area contributed by atoms with Crippen molar-refractivity contribution < 1.29 is 23.5 Å². The fraction of sp³-hybridized carbons (Fsp3) is 0.481. The molecule has 1 unspecified atom stereocenters. The van der Waals surface area contributed by atoms with E-state index in [9.17, 15) is 9.59 Å². The number of amides is 2. The fourth-order valence-electron chi connectivity index (χ4n) is 4.29. The summed E-state index contributed by atoms with van der Waals surface area (Å²) in [5, 5.41) is 0. The van der Waals surface area contributed by atoms with Gasteiger partial charge in [0.2, 0.25) is 5.91 Å². The van der Waals surface area contributed by atoms with Crippen molar-refractivity contribution in [2.24, 2.45) is 5.41 Å². The Labute approximate surface area is 201 Å². The first-order valence-electron chi connectivity index (χ1n) is 11.5. The van der Waals surface area contributed by atoms with Crippen LogP contribution in [-0.4, -0.2) is 46.7 Å².